The van der Waals surface area contributed by atoms with Gasteiger partial charge in [0.25, 0.3) is 0 Å². The second kappa shape index (κ2) is 13.4. The molecule has 1 aliphatic rings. The van der Waals surface area contributed by atoms with Crippen molar-refractivity contribution in [3.05, 3.63) is 0 Å². The molecule has 1 fully saturated rings. The quantitative estimate of drug-likeness (QED) is 0.271. The van der Waals surface area contributed by atoms with Crippen molar-refractivity contribution in [2.45, 2.75) is 78.3 Å². The molecular weight excluding hydrogens is 387 g/mol. The summed E-state index contributed by atoms with van der Waals surface area (Å²) in [6, 6.07) is 1.27. The van der Waals surface area contributed by atoms with Crippen molar-refractivity contribution in [2.75, 3.05) is 26.2 Å². The van der Waals surface area contributed by atoms with Gasteiger partial charge in [-0.05, 0) is 66.0 Å². The average molecular weight is 424 g/mol. The lowest BCUT2D eigenvalue weighted by Crippen LogP contribution is -2.42. The molecule has 0 amide bonds. The predicted molar refractivity (Wildman–Crippen MR) is 108 cm³/mol. The largest absolute Gasteiger partial charge is 0.357 e. The Balaban J connectivity index is 0.00000441. The predicted octanol–water partition coefficient (Wildman–Crippen LogP) is 3.61. The topological polar surface area (TPSA) is 39.7 Å². The summed E-state index contributed by atoms with van der Waals surface area (Å²) in [7, 11) is 0. The van der Waals surface area contributed by atoms with E-state index in [4.69, 9.17) is 0 Å². The van der Waals surface area contributed by atoms with Crippen LogP contribution in [-0.2, 0) is 0 Å². The summed E-state index contributed by atoms with van der Waals surface area (Å²) >= 11 is 0. The number of hydrogen-bond acceptors (Lipinski definition) is 2. The van der Waals surface area contributed by atoms with Crippen LogP contribution in [0, 0.1) is 0 Å². The van der Waals surface area contributed by atoms with Crippen molar-refractivity contribution >= 4 is 29.9 Å². The fourth-order valence-electron chi connectivity index (χ4n) is 2.76. The van der Waals surface area contributed by atoms with Crippen molar-refractivity contribution in [1.82, 2.24) is 15.5 Å². The molecule has 1 saturated heterocycles. The Kier molecular flexibility index (Phi) is 13.4. The Hall–Kier alpha value is -0.0400. The Morgan fingerprint density at radius 1 is 1.27 bits per heavy atom. The van der Waals surface area contributed by atoms with Gasteiger partial charge < -0.3 is 15.5 Å². The second-order valence-electron chi connectivity index (χ2n) is 6.30. The van der Waals surface area contributed by atoms with Crippen LogP contribution in [0.3, 0.4) is 0 Å². The highest BCUT2D eigenvalue weighted by molar-refractivity contribution is 14.0. The number of guanidine groups is 1. The molecule has 22 heavy (non-hydrogen) atoms. The van der Waals surface area contributed by atoms with Gasteiger partial charge in [-0.3, -0.25) is 4.99 Å². The molecule has 2 N–H and O–H groups in total. The van der Waals surface area contributed by atoms with Crippen LogP contribution in [-0.4, -0.2) is 49.1 Å². The van der Waals surface area contributed by atoms with E-state index in [1.807, 2.05) is 0 Å². The minimum Gasteiger partial charge on any atom is -0.357 e. The van der Waals surface area contributed by atoms with Crippen molar-refractivity contribution < 1.29 is 0 Å². The molecule has 1 rings (SSSR count). The maximum atomic E-state index is 4.68. The van der Waals surface area contributed by atoms with E-state index in [1.54, 1.807) is 0 Å². The molecule has 0 aliphatic carbocycles. The normalized spacial score (nSPS) is 21.1. The van der Waals surface area contributed by atoms with Crippen molar-refractivity contribution in [1.29, 1.82) is 0 Å². The summed E-state index contributed by atoms with van der Waals surface area (Å²) in [6.45, 7) is 13.3. The lowest BCUT2D eigenvalue weighted by atomic mass is 10.0. The third kappa shape index (κ3) is 9.18. The zero-order valence-corrected chi connectivity index (χ0v) is 17.4. The number of halogens is 1. The Bertz CT molecular complexity index is 296. The first kappa shape index (κ1) is 22.0. The minimum atomic E-state index is 0. The van der Waals surface area contributed by atoms with Crippen LogP contribution in [0.4, 0.5) is 0 Å². The first-order valence-electron chi connectivity index (χ1n) is 8.96. The molecule has 0 saturated carbocycles. The van der Waals surface area contributed by atoms with Gasteiger partial charge in [-0.1, -0.05) is 13.3 Å². The lowest BCUT2D eigenvalue weighted by molar-refractivity contribution is 0.158. The second-order valence-corrected chi connectivity index (χ2v) is 6.30. The standard InChI is InChI=1S/C17H36N4.HI/c1-5-15(3)20-17(18-6-2)19-12-8-10-14-21-13-9-7-11-16(21)4;/h15-16H,5-14H2,1-4H3,(H2,18,19,20);1H. The third-order valence-corrected chi connectivity index (χ3v) is 4.40. The van der Waals surface area contributed by atoms with E-state index in [9.17, 15) is 0 Å². The highest BCUT2D eigenvalue weighted by atomic mass is 127. The van der Waals surface area contributed by atoms with Crippen molar-refractivity contribution in [3.63, 3.8) is 0 Å². The zero-order valence-electron chi connectivity index (χ0n) is 15.0. The highest BCUT2D eigenvalue weighted by Gasteiger charge is 2.16. The monoisotopic (exact) mass is 424 g/mol. The molecular formula is C17H37IN4. The summed E-state index contributed by atoms with van der Waals surface area (Å²) < 4.78 is 0. The summed E-state index contributed by atoms with van der Waals surface area (Å²) in [5, 5.41) is 6.77. The molecule has 0 aromatic rings. The van der Waals surface area contributed by atoms with Crippen LogP contribution in [0.5, 0.6) is 0 Å². The van der Waals surface area contributed by atoms with E-state index in [0.29, 0.717) is 6.04 Å². The van der Waals surface area contributed by atoms with Crippen LogP contribution >= 0.6 is 24.0 Å². The number of likely N-dealkylation sites (tertiary alicyclic amines) is 1. The van der Waals surface area contributed by atoms with E-state index < -0.39 is 0 Å². The van der Waals surface area contributed by atoms with Crippen molar-refractivity contribution in [2.24, 2.45) is 4.99 Å². The highest BCUT2D eigenvalue weighted by Crippen LogP contribution is 2.16. The van der Waals surface area contributed by atoms with Crippen LogP contribution in [0.1, 0.15) is 66.2 Å². The smallest absolute Gasteiger partial charge is 0.191 e. The van der Waals surface area contributed by atoms with Gasteiger partial charge in [-0.15, -0.1) is 24.0 Å². The first-order chi connectivity index (χ1) is 10.2. The summed E-state index contributed by atoms with van der Waals surface area (Å²) in [5.74, 6) is 0.971. The number of piperidine rings is 1. The maximum Gasteiger partial charge on any atom is 0.191 e. The number of nitrogens with one attached hydrogen (secondary N) is 2. The summed E-state index contributed by atoms with van der Waals surface area (Å²) in [5.41, 5.74) is 0. The summed E-state index contributed by atoms with van der Waals surface area (Å²) in [4.78, 5) is 7.33. The lowest BCUT2D eigenvalue weighted by Gasteiger charge is -2.33. The fourth-order valence-corrected chi connectivity index (χ4v) is 2.76. The minimum absolute atomic E-state index is 0. The molecule has 0 spiro atoms. The molecule has 0 bridgehead atoms. The van der Waals surface area contributed by atoms with Gasteiger partial charge in [0.15, 0.2) is 5.96 Å². The Labute approximate surface area is 154 Å². The molecule has 5 heteroatoms. The van der Waals surface area contributed by atoms with E-state index >= 15 is 0 Å². The molecule has 132 valence electrons. The molecule has 0 radical (unpaired) electrons. The molecule has 2 unspecified atom stereocenters. The van der Waals surface area contributed by atoms with Gasteiger partial charge in [0, 0.05) is 25.2 Å². The fraction of sp³-hybridized carbons (Fsp3) is 0.941. The maximum absolute atomic E-state index is 4.68. The van der Waals surface area contributed by atoms with Gasteiger partial charge in [-0.25, -0.2) is 0 Å². The molecule has 0 aromatic heterocycles. The van der Waals surface area contributed by atoms with E-state index in [-0.39, 0.29) is 24.0 Å². The molecule has 2 atom stereocenters. The molecule has 1 aliphatic heterocycles. The van der Waals surface area contributed by atoms with Gasteiger partial charge in [0.05, 0.1) is 0 Å². The zero-order chi connectivity index (χ0) is 15.5. The number of hydrogen-bond donors (Lipinski definition) is 2. The Morgan fingerprint density at radius 2 is 2.05 bits per heavy atom. The van der Waals surface area contributed by atoms with Crippen LogP contribution < -0.4 is 10.6 Å². The molecule has 4 nitrogen and oxygen atoms in total. The van der Waals surface area contributed by atoms with Crippen LogP contribution in [0.25, 0.3) is 0 Å². The number of rotatable bonds is 8. The Morgan fingerprint density at radius 3 is 2.68 bits per heavy atom. The SMILES string of the molecule is CCNC(=NCCCCN1CCCCC1C)NC(C)CC.I. The molecule has 1 heterocycles. The number of aliphatic imine (C=N–C) groups is 1. The number of unbranched alkanes of at least 4 members (excludes halogenated alkanes) is 1. The van der Waals surface area contributed by atoms with Crippen LogP contribution in [0.2, 0.25) is 0 Å². The van der Waals surface area contributed by atoms with Gasteiger partial charge >= 0.3 is 0 Å². The van der Waals surface area contributed by atoms with Gasteiger partial charge in [-0.2, -0.15) is 0 Å². The number of nitrogens with zero attached hydrogens (tertiary/aromatic N) is 2. The van der Waals surface area contributed by atoms with Crippen LogP contribution in [0.15, 0.2) is 4.99 Å². The first-order valence-corrected chi connectivity index (χ1v) is 8.96. The van der Waals surface area contributed by atoms with Crippen molar-refractivity contribution in [3.8, 4) is 0 Å². The van der Waals surface area contributed by atoms with E-state index in [2.05, 4.69) is 48.2 Å². The van der Waals surface area contributed by atoms with Gasteiger partial charge in [0.2, 0.25) is 0 Å². The van der Waals surface area contributed by atoms with E-state index in [1.165, 1.54) is 45.2 Å². The van der Waals surface area contributed by atoms with E-state index in [0.717, 1.165) is 31.5 Å². The third-order valence-electron chi connectivity index (χ3n) is 4.40. The van der Waals surface area contributed by atoms with Gasteiger partial charge in [0.1, 0.15) is 0 Å². The summed E-state index contributed by atoms with van der Waals surface area (Å²) in [6.07, 6.45) is 7.73. The average Bonchev–Trinajstić information content (AvgIpc) is 2.48. The molecule has 0 aromatic carbocycles.